The number of carbonyl (C=O) groups excluding carboxylic acids is 1. The Kier molecular flexibility index (Phi) is 6.94. The van der Waals surface area contributed by atoms with Crippen molar-refractivity contribution in [1.29, 1.82) is 0 Å². The van der Waals surface area contributed by atoms with E-state index in [9.17, 15) is 4.79 Å². The second-order valence-corrected chi connectivity index (χ2v) is 6.83. The molecule has 3 aromatic rings. The molecule has 0 bridgehead atoms. The Labute approximate surface area is 184 Å². The minimum atomic E-state index is -0.527. The van der Waals surface area contributed by atoms with Crippen molar-refractivity contribution in [1.82, 2.24) is 20.0 Å². The highest BCUT2D eigenvalue weighted by Gasteiger charge is 2.14. The zero-order chi connectivity index (χ0) is 22.4. The third kappa shape index (κ3) is 5.23. The lowest BCUT2D eigenvalue weighted by Gasteiger charge is -2.11. The highest BCUT2D eigenvalue weighted by atomic mass is 35.5. The molecule has 0 amide bonds. The van der Waals surface area contributed by atoms with Gasteiger partial charge in [0.25, 0.3) is 0 Å². The molecule has 2 heterocycles. The Hall–Kier alpha value is -3.78. The van der Waals surface area contributed by atoms with Crippen molar-refractivity contribution in [2.24, 2.45) is 5.10 Å². The number of hydrazone groups is 1. The van der Waals surface area contributed by atoms with Crippen LogP contribution in [-0.2, 0) is 9.53 Å². The molecule has 0 aliphatic rings. The summed E-state index contributed by atoms with van der Waals surface area (Å²) in [7, 11) is 3.08. The van der Waals surface area contributed by atoms with Gasteiger partial charge in [0.2, 0.25) is 0 Å². The van der Waals surface area contributed by atoms with Crippen LogP contribution in [-0.4, -0.2) is 46.3 Å². The number of nitrogens with zero attached hydrogens (tertiary/aromatic N) is 5. The molecule has 8 nitrogen and oxygen atoms in total. The van der Waals surface area contributed by atoms with Gasteiger partial charge in [0.15, 0.2) is 0 Å². The fourth-order valence-corrected chi connectivity index (χ4v) is 3.08. The number of esters is 1. The number of fused-ring (bicyclic) bond motifs is 1. The number of anilines is 1. The first-order valence-corrected chi connectivity index (χ1v) is 9.68. The molecule has 9 heteroatoms. The van der Waals surface area contributed by atoms with Crippen molar-refractivity contribution >= 4 is 46.6 Å². The molecule has 0 aliphatic heterocycles. The number of rotatable bonds is 6. The van der Waals surface area contributed by atoms with Gasteiger partial charge in [0, 0.05) is 36.5 Å². The minimum Gasteiger partial charge on any atom is -0.466 e. The van der Waals surface area contributed by atoms with Crippen molar-refractivity contribution in [2.45, 2.75) is 6.92 Å². The minimum absolute atomic E-state index is 0.146. The molecule has 0 atom stereocenters. The normalized spacial score (nSPS) is 11.7. The van der Waals surface area contributed by atoms with Gasteiger partial charge in [-0.15, -0.1) is 0 Å². The van der Waals surface area contributed by atoms with E-state index in [0.29, 0.717) is 33.2 Å². The third-order valence-corrected chi connectivity index (χ3v) is 4.50. The average Bonchev–Trinajstić information content (AvgIpc) is 2.76. The van der Waals surface area contributed by atoms with Crippen LogP contribution in [0.25, 0.3) is 28.2 Å². The summed E-state index contributed by atoms with van der Waals surface area (Å²) in [5.41, 5.74) is 8.75. The number of hydrogen-bond acceptors (Lipinski definition) is 8. The summed E-state index contributed by atoms with van der Waals surface area (Å²) in [5.74, 6) is -0.381. The van der Waals surface area contributed by atoms with Crippen LogP contribution in [0.1, 0.15) is 18.3 Å². The molecule has 2 N–H and O–H groups in total. The number of nitrogens with two attached hydrogens (primary N) is 1. The molecule has 0 aliphatic carbocycles. The number of ether oxygens (including phenoxy) is 1. The number of aromatic nitrogens is 3. The lowest BCUT2D eigenvalue weighted by molar-refractivity contribution is -0.134. The van der Waals surface area contributed by atoms with Crippen molar-refractivity contribution in [2.75, 3.05) is 19.9 Å². The van der Waals surface area contributed by atoms with Gasteiger partial charge in [-0.1, -0.05) is 23.7 Å². The summed E-state index contributed by atoms with van der Waals surface area (Å²) in [6.07, 6.45) is 9.58. The van der Waals surface area contributed by atoms with Crippen molar-refractivity contribution < 1.29 is 9.53 Å². The topological polar surface area (TPSA) is 107 Å². The van der Waals surface area contributed by atoms with E-state index in [4.69, 9.17) is 17.3 Å². The van der Waals surface area contributed by atoms with Crippen LogP contribution < -0.4 is 5.73 Å². The molecule has 158 valence electrons. The highest BCUT2D eigenvalue weighted by molar-refractivity contribution is 6.35. The van der Waals surface area contributed by atoms with Crippen LogP contribution in [0.15, 0.2) is 53.9 Å². The maximum atomic E-state index is 11.5. The zero-order valence-corrected chi connectivity index (χ0v) is 18.0. The molecule has 3 rings (SSSR count). The molecule has 0 unspecified atom stereocenters. The van der Waals surface area contributed by atoms with Gasteiger partial charge in [-0.25, -0.2) is 14.8 Å². The molecular weight excluding hydrogens is 416 g/mol. The van der Waals surface area contributed by atoms with E-state index in [1.807, 2.05) is 31.2 Å². The first-order chi connectivity index (χ1) is 14.9. The molecule has 2 aromatic heterocycles. The first kappa shape index (κ1) is 21.9. The van der Waals surface area contributed by atoms with Crippen LogP contribution >= 0.6 is 11.6 Å². The van der Waals surface area contributed by atoms with E-state index in [-0.39, 0.29) is 5.82 Å². The van der Waals surface area contributed by atoms with E-state index < -0.39 is 5.97 Å². The van der Waals surface area contributed by atoms with E-state index in [1.165, 1.54) is 19.3 Å². The fourth-order valence-electron chi connectivity index (χ4n) is 2.80. The van der Waals surface area contributed by atoms with Crippen LogP contribution in [0.4, 0.5) is 5.82 Å². The number of pyridine rings is 1. The fraction of sp³-hybridized carbons (Fsp3) is 0.136. The van der Waals surface area contributed by atoms with Crippen molar-refractivity contribution in [3.8, 4) is 11.3 Å². The second-order valence-electron chi connectivity index (χ2n) is 6.42. The Morgan fingerprint density at radius 3 is 2.84 bits per heavy atom. The number of nitrogen functional groups attached to an aromatic ring is 1. The number of hydrogen-bond donors (Lipinski definition) is 1. The zero-order valence-electron chi connectivity index (χ0n) is 17.3. The van der Waals surface area contributed by atoms with Crippen LogP contribution in [0, 0.1) is 0 Å². The Morgan fingerprint density at radius 1 is 1.29 bits per heavy atom. The molecule has 0 saturated carbocycles. The molecule has 0 saturated heterocycles. The highest BCUT2D eigenvalue weighted by Crippen LogP contribution is 2.30. The summed E-state index contributed by atoms with van der Waals surface area (Å²) in [4.78, 5) is 24.9. The standard InChI is InChI=1S/C22H21ClN6O2/c1-4-10-29(2)26-13-18-21(27-17(22(24)28-18)7-8-19(30)31-3)15-11-14-6-5-9-25-20(14)16(23)12-15/h4-13H,1-3H3,(H2,24,28)/b8-7+,10-4-,26-13+. The maximum absolute atomic E-state index is 11.5. The molecule has 0 fully saturated rings. The number of carbonyl (C=O) groups is 1. The predicted molar refractivity (Wildman–Crippen MR) is 123 cm³/mol. The predicted octanol–water partition coefficient (Wildman–Crippen LogP) is 3.91. The lowest BCUT2D eigenvalue weighted by Crippen LogP contribution is -2.07. The van der Waals surface area contributed by atoms with Gasteiger partial charge in [-0.3, -0.25) is 9.99 Å². The second kappa shape index (κ2) is 9.82. The summed E-state index contributed by atoms with van der Waals surface area (Å²) in [6.45, 7) is 1.89. The van der Waals surface area contributed by atoms with E-state index in [1.54, 1.807) is 36.7 Å². The first-order valence-electron chi connectivity index (χ1n) is 9.30. The third-order valence-electron chi connectivity index (χ3n) is 4.22. The van der Waals surface area contributed by atoms with Crippen LogP contribution in [0.2, 0.25) is 5.02 Å². The van der Waals surface area contributed by atoms with Crippen molar-refractivity contribution in [3.05, 3.63) is 65.2 Å². The van der Waals surface area contributed by atoms with E-state index in [2.05, 4.69) is 24.8 Å². The molecule has 31 heavy (non-hydrogen) atoms. The number of halogens is 1. The van der Waals surface area contributed by atoms with Gasteiger partial charge in [0.05, 0.1) is 29.6 Å². The van der Waals surface area contributed by atoms with Crippen LogP contribution in [0.3, 0.4) is 0 Å². The van der Waals surface area contributed by atoms with Gasteiger partial charge in [-0.05, 0) is 31.2 Å². The Balaban J connectivity index is 2.19. The Morgan fingerprint density at radius 2 is 2.10 bits per heavy atom. The smallest absolute Gasteiger partial charge is 0.330 e. The lowest BCUT2D eigenvalue weighted by atomic mass is 10.1. The monoisotopic (exact) mass is 436 g/mol. The van der Waals surface area contributed by atoms with Gasteiger partial charge in [0.1, 0.15) is 17.2 Å². The number of benzene rings is 1. The molecule has 1 aromatic carbocycles. The molecule has 0 spiro atoms. The Bertz CT molecular complexity index is 1210. The largest absolute Gasteiger partial charge is 0.466 e. The summed E-state index contributed by atoms with van der Waals surface area (Å²) in [5, 5.41) is 7.30. The van der Waals surface area contributed by atoms with Gasteiger partial charge in [-0.2, -0.15) is 5.10 Å². The van der Waals surface area contributed by atoms with Crippen LogP contribution in [0.5, 0.6) is 0 Å². The SMILES string of the molecule is C/C=C\N(C)/N=C/c1nc(N)c(/C=C/C(=O)OC)nc1-c1cc(Cl)c2ncccc2c1. The summed E-state index contributed by atoms with van der Waals surface area (Å²) < 4.78 is 4.63. The summed E-state index contributed by atoms with van der Waals surface area (Å²) >= 11 is 6.46. The van der Waals surface area contributed by atoms with Gasteiger partial charge < -0.3 is 10.5 Å². The molecule has 0 radical (unpaired) electrons. The van der Waals surface area contributed by atoms with E-state index >= 15 is 0 Å². The quantitative estimate of drug-likeness (QED) is 0.270. The average molecular weight is 437 g/mol. The van der Waals surface area contributed by atoms with Crippen molar-refractivity contribution in [3.63, 3.8) is 0 Å². The molecular formula is C22H21ClN6O2. The van der Waals surface area contributed by atoms with Gasteiger partial charge >= 0.3 is 5.97 Å². The number of allylic oxidation sites excluding steroid dienone is 1. The summed E-state index contributed by atoms with van der Waals surface area (Å²) in [6, 6.07) is 7.41. The van der Waals surface area contributed by atoms with E-state index in [0.717, 1.165) is 5.39 Å². The maximum Gasteiger partial charge on any atom is 0.330 e. The number of methoxy groups -OCH3 is 1.